The van der Waals surface area contributed by atoms with Crippen LogP contribution in [0.1, 0.15) is 120 Å². The maximum Gasteiger partial charge on any atom is 0.0541 e. The predicted molar refractivity (Wildman–Crippen MR) is 269 cm³/mol. The molecular formula is C61H61N. The van der Waals surface area contributed by atoms with Crippen molar-refractivity contribution >= 4 is 38.5 Å². The third-order valence-electron chi connectivity index (χ3n) is 14.6. The Bertz CT molecular complexity index is 3040. The second-order valence-corrected chi connectivity index (χ2v) is 18.8. The Hall–Kier alpha value is -5.92. The van der Waals surface area contributed by atoms with Crippen LogP contribution in [-0.2, 0) is 18.3 Å². The molecule has 310 valence electrons. The molecule has 1 nitrogen and oxygen atoms in total. The van der Waals surface area contributed by atoms with Gasteiger partial charge in [0.15, 0.2) is 0 Å². The smallest absolute Gasteiger partial charge is 0.0541 e. The Morgan fingerprint density at radius 2 is 1.45 bits per heavy atom. The highest BCUT2D eigenvalue weighted by atomic mass is 15.0. The summed E-state index contributed by atoms with van der Waals surface area (Å²) in [4.78, 5) is 0. The van der Waals surface area contributed by atoms with Gasteiger partial charge in [0.05, 0.1) is 11.0 Å². The molecule has 0 saturated carbocycles. The topological polar surface area (TPSA) is 4.93 Å². The highest BCUT2D eigenvalue weighted by molar-refractivity contribution is 6.11. The van der Waals surface area contributed by atoms with E-state index >= 15 is 0 Å². The molecule has 2 atom stereocenters. The summed E-state index contributed by atoms with van der Waals surface area (Å²) in [5.74, 6) is 1.26. The Kier molecular flexibility index (Phi) is 10.2. The quantitative estimate of drug-likeness (QED) is 0.153. The Morgan fingerprint density at radius 3 is 2.27 bits per heavy atom. The van der Waals surface area contributed by atoms with E-state index in [0.717, 1.165) is 19.3 Å². The van der Waals surface area contributed by atoms with Crippen LogP contribution in [0.2, 0.25) is 0 Å². The van der Waals surface area contributed by atoms with Gasteiger partial charge in [-0.2, -0.15) is 0 Å². The standard InChI is InChI=1S/C59H55N.C2H6/c1-7-9-15-38(13-8-2)39-22-27-55-52(32-39)53-33-40(23-28-56(53)60(55)45-24-19-43-30-37(4)50-29-36(3)14-12-18-47(50)51(43)35-45)41-20-25-48-49-26-21-44-31-42-16-10-11-17-46(42)57(44)58(49)59(5,6)54(48)34-41;1-2/h7-9,11-13,15,17-28,32-37H,10,14,16,29-31H2,1-6H3;1-2H3/b9-7-,13-8-,38-15+;. The van der Waals surface area contributed by atoms with E-state index in [2.05, 4.69) is 186 Å². The highest BCUT2D eigenvalue weighted by Gasteiger charge is 2.40. The second-order valence-electron chi connectivity index (χ2n) is 18.8. The van der Waals surface area contributed by atoms with Crippen molar-refractivity contribution in [3.63, 3.8) is 0 Å². The van der Waals surface area contributed by atoms with E-state index < -0.39 is 0 Å². The zero-order valence-corrected chi connectivity index (χ0v) is 38.1. The zero-order chi connectivity index (χ0) is 42.9. The molecule has 5 aromatic carbocycles. The molecule has 1 heteroatoms. The fourth-order valence-corrected chi connectivity index (χ4v) is 11.7. The molecule has 0 spiro atoms. The van der Waals surface area contributed by atoms with Crippen LogP contribution in [0, 0.1) is 11.8 Å². The molecule has 5 aliphatic carbocycles. The van der Waals surface area contributed by atoms with Crippen molar-refractivity contribution in [3.05, 3.63) is 190 Å². The summed E-state index contributed by atoms with van der Waals surface area (Å²) in [6.07, 6.45) is 27.4. The highest BCUT2D eigenvalue weighted by Crippen LogP contribution is 2.55. The first-order chi connectivity index (χ1) is 30.2. The van der Waals surface area contributed by atoms with Crippen LogP contribution in [0.25, 0.3) is 66.5 Å². The number of fused-ring (bicyclic) bond motifs is 11. The fourth-order valence-electron chi connectivity index (χ4n) is 11.7. The van der Waals surface area contributed by atoms with Gasteiger partial charge in [-0.1, -0.05) is 150 Å². The molecule has 1 aromatic heterocycles. The van der Waals surface area contributed by atoms with Gasteiger partial charge >= 0.3 is 0 Å². The molecule has 11 rings (SSSR count). The third-order valence-corrected chi connectivity index (χ3v) is 14.6. The summed E-state index contributed by atoms with van der Waals surface area (Å²) >= 11 is 0. The molecule has 0 saturated heterocycles. The number of allylic oxidation sites excluding steroid dienone is 14. The van der Waals surface area contributed by atoms with Gasteiger partial charge in [-0.3, -0.25) is 0 Å². The molecule has 6 aromatic rings. The predicted octanol–water partition coefficient (Wildman–Crippen LogP) is 16.9. The summed E-state index contributed by atoms with van der Waals surface area (Å²) in [5.41, 5.74) is 26.5. The third kappa shape index (κ3) is 6.34. The minimum Gasteiger partial charge on any atom is -0.309 e. The number of hydrogen-bond donors (Lipinski definition) is 0. The fraction of sp³-hybridized carbons (Fsp3) is 0.279. The summed E-state index contributed by atoms with van der Waals surface area (Å²) < 4.78 is 2.52. The average molecular weight is 808 g/mol. The maximum atomic E-state index is 2.52. The van der Waals surface area contributed by atoms with Gasteiger partial charge in [0.25, 0.3) is 0 Å². The molecule has 0 aliphatic heterocycles. The second kappa shape index (κ2) is 15.8. The van der Waals surface area contributed by atoms with Crippen LogP contribution in [0.4, 0.5) is 0 Å². The summed E-state index contributed by atoms with van der Waals surface area (Å²) in [6.45, 7) is 17.9. The average Bonchev–Trinajstić information content (AvgIpc) is 3.84. The van der Waals surface area contributed by atoms with Gasteiger partial charge < -0.3 is 4.57 Å². The lowest BCUT2D eigenvalue weighted by Crippen LogP contribution is -2.17. The number of aromatic nitrogens is 1. The summed E-state index contributed by atoms with van der Waals surface area (Å²) in [6, 6.07) is 33.7. The van der Waals surface area contributed by atoms with Crippen LogP contribution < -0.4 is 0 Å². The van der Waals surface area contributed by atoms with E-state index in [4.69, 9.17) is 0 Å². The molecule has 0 bridgehead atoms. The molecular weight excluding hydrogens is 747 g/mol. The normalized spacial score (nSPS) is 19.7. The summed E-state index contributed by atoms with van der Waals surface area (Å²) in [7, 11) is 0. The molecule has 5 aliphatic rings. The lowest BCUT2D eigenvalue weighted by atomic mass is 9.77. The van der Waals surface area contributed by atoms with Crippen molar-refractivity contribution < 1.29 is 0 Å². The van der Waals surface area contributed by atoms with Crippen molar-refractivity contribution in [2.24, 2.45) is 11.8 Å². The number of rotatable bonds is 5. The number of hydrogen-bond acceptors (Lipinski definition) is 0. The summed E-state index contributed by atoms with van der Waals surface area (Å²) in [5, 5.41) is 2.57. The minimum absolute atomic E-state index is 0.0959. The molecule has 0 fully saturated rings. The monoisotopic (exact) mass is 807 g/mol. The van der Waals surface area contributed by atoms with Crippen LogP contribution in [-0.4, -0.2) is 4.57 Å². The molecule has 2 unspecified atom stereocenters. The SMILES string of the molecule is CC.C\C=C/C=C(\C=C/C)c1ccc2c(c1)c1cc(-c3ccc4c(c3)C(C)(C)c3c-4ccc4c3C3=C(CCC=C3)C4)ccc1n2-c1ccc2c(c1)C1=C(CC(C)CC=C1)C(C)C2. The molecule has 0 N–H and O–H groups in total. The Morgan fingerprint density at radius 1 is 0.710 bits per heavy atom. The Labute approximate surface area is 370 Å². The lowest BCUT2D eigenvalue weighted by Gasteiger charge is -2.28. The lowest BCUT2D eigenvalue weighted by molar-refractivity contribution is 0.533. The van der Waals surface area contributed by atoms with Gasteiger partial charge in [-0.25, -0.2) is 0 Å². The maximum absolute atomic E-state index is 2.52. The van der Waals surface area contributed by atoms with E-state index in [-0.39, 0.29) is 5.41 Å². The van der Waals surface area contributed by atoms with Crippen LogP contribution >= 0.6 is 0 Å². The first-order valence-electron chi connectivity index (χ1n) is 23.5. The van der Waals surface area contributed by atoms with Gasteiger partial charge in [0.2, 0.25) is 0 Å². The van der Waals surface area contributed by atoms with Crippen molar-refractivity contribution in [3.8, 4) is 27.9 Å². The molecule has 0 radical (unpaired) electrons. The van der Waals surface area contributed by atoms with Crippen molar-refractivity contribution in [1.82, 2.24) is 4.57 Å². The van der Waals surface area contributed by atoms with E-state index in [9.17, 15) is 0 Å². The Balaban J connectivity index is 0.00000226. The van der Waals surface area contributed by atoms with E-state index in [1.165, 1.54) is 125 Å². The molecule has 0 amide bonds. The molecule has 62 heavy (non-hydrogen) atoms. The molecule has 1 heterocycles. The zero-order valence-electron chi connectivity index (χ0n) is 38.1. The minimum atomic E-state index is -0.0959. The first-order valence-corrected chi connectivity index (χ1v) is 23.5. The van der Waals surface area contributed by atoms with Crippen molar-refractivity contribution in [1.29, 1.82) is 0 Å². The van der Waals surface area contributed by atoms with Crippen LogP contribution in [0.15, 0.2) is 151 Å². The van der Waals surface area contributed by atoms with E-state index in [1.54, 1.807) is 11.1 Å². The van der Waals surface area contributed by atoms with Crippen LogP contribution in [0.3, 0.4) is 0 Å². The van der Waals surface area contributed by atoms with Gasteiger partial charge in [0.1, 0.15) is 0 Å². The van der Waals surface area contributed by atoms with Gasteiger partial charge in [0, 0.05) is 21.9 Å². The van der Waals surface area contributed by atoms with Gasteiger partial charge in [-0.05, 0) is 185 Å². The largest absolute Gasteiger partial charge is 0.309 e. The first kappa shape index (κ1) is 40.2. The van der Waals surface area contributed by atoms with E-state index in [1.807, 2.05) is 13.8 Å². The number of nitrogens with zero attached hydrogens (tertiary/aromatic N) is 1. The van der Waals surface area contributed by atoms with E-state index in [0.29, 0.717) is 11.8 Å². The van der Waals surface area contributed by atoms with Crippen LogP contribution in [0.5, 0.6) is 0 Å². The van der Waals surface area contributed by atoms with Crippen molar-refractivity contribution in [2.45, 2.75) is 99.3 Å². The van der Waals surface area contributed by atoms with Crippen molar-refractivity contribution in [2.75, 3.05) is 0 Å². The van der Waals surface area contributed by atoms with Gasteiger partial charge in [-0.15, -0.1) is 0 Å². The number of benzene rings is 5.